The van der Waals surface area contributed by atoms with E-state index >= 15 is 0 Å². The van der Waals surface area contributed by atoms with Crippen LogP contribution in [0, 0.1) is 0 Å². The summed E-state index contributed by atoms with van der Waals surface area (Å²) in [7, 11) is 0. The Bertz CT molecular complexity index is 3200. The molecule has 0 atom stereocenters. The van der Waals surface area contributed by atoms with Gasteiger partial charge in [0.1, 0.15) is 0 Å². The van der Waals surface area contributed by atoms with Gasteiger partial charge in [0.05, 0.1) is 0 Å². The van der Waals surface area contributed by atoms with Crippen molar-refractivity contribution < 1.29 is 0 Å². The fraction of sp³-hybridized carbons (Fsp3) is 0.0769. The molecular formula is C65H49Br3. The van der Waals surface area contributed by atoms with Gasteiger partial charge in [-0.2, -0.15) is 0 Å². The molecular weight excluding hydrogens is 1020 g/mol. The van der Waals surface area contributed by atoms with Crippen molar-refractivity contribution in [3.8, 4) is 66.8 Å². The molecule has 0 saturated heterocycles. The minimum Gasteiger partial charge on any atom is -0.0605 e. The summed E-state index contributed by atoms with van der Waals surface area (Å²) in [5.41, 5.74) is 20.1. The van der Waals surface area contributed by atoms with E-state index in [0.717, 1.165) is 13.4 Å². The molecule has 0 heterocycles. The molecule has 330 valence electrons. The van der Waals surface area contributed by atoms with E-state index in [1.165, 1.54) is 94.6 Å². The van der Waals surface area contributed by atoms with Gasteiger partial charge in [0.15, 0.2) is 0 Å². The molecule has 0 aromatic heterocycles. The quantitative estimate of drug-likeness (QED) is 0.113. The van der Waals surface area contributed by atoms with Crippen molar-refractivity contribution >= 4 is 47.8 Å². The average molecular weight is 1070 g/mol. The first-order chi connectivity index (χ1) is 33.0. The molecule has 0 N–H and O–H groups in total. The van der Waals surface area contributed by atoms with Crippen molar-refractivity contribution in [1.82, 2.24) is 0 Å². The number of hydrogen-bond acceptors (Lipinski definition) is 0. The number of hydrogen-bond donors (Lipinski definition) is 0. The SMILES string of the molecule is CC(C)(c1ccc(-c2ccc(-c3cccc(Br)c3)cc2)cc1)c1ccc(C(C)(c2ccc(-c3ccc(-c4cccc(Br)c4)cc3)cc2)c2ccc(-c3ccc(-c4cccc(Br)c4)cc3)cc2)cc1. The van der Waals surface area contributed by atoms with Gasteiger partial charge >= 0.3 is 0 Å². The summed E-state index contributed by atoms with van der Waals surface area (Å²) < 4.78 is 3.25. The Morgan fingerprint density at radius 3 is 0.662 bits per heavy atom. The Hall–Kier alpha value is -6.36. The Labute approximate surface area is 426 Å². The van der Waals surface area contributed by atoms with Crippen LogP contribution in [0.2, 0.25) is 0 Å². The normalized spacial score (nSPS) is 11.7. The first kappa shape index (κ1) is 45.4. The zero-order valence-electron chi connectivity index (χ0n) is 38.2. The van der Waals surface area contributed by atoms with E-state index in [1.54, 1.807) is 0 Å². The molecule has 0 aliphatic heterocycles. The van der Waals surface area contributed by atoms with Gasteiger partial charge in [0.2, 0.25) is 0 Å². The van der Waals surface area contributed by atoms with Crippen molar-refractivity contribution in [1.29, 1.82) is 0 Å². The molecule has 10 aromatic carbocycles. The van der Waals surface area contributed by atoms with Crippen LogP contribution in [-0.2, 0) is 10.8 Å². The smallest absolute Gasteiger partial charge is 0.0423 e. The summed E-state index contributed by atoms with van der Waals surface area (Å²) in [6, 6.07) is 88.9. The van der Waals surface area contributed by atoms with Gasteiger partial charge in [-0.1, -0.05) is 268 Å². The fourth-order valence-corrected chi connectivity index (χ4v) is 10.7. The maximum atomic E-state index is 3.63. The van der Waals surface area contributed by atoms with Gasteiger partial charge in [0.25, 0.3) is 0 Å². The lowest BCUT2D eigenvalue weighted by molar-refractivity contribution is 0.637. The highest BCUT2D eigenvalue weighted by molar-refractivity contribution is 9.11. The van der Waals surface area contributed by atoms with Gasteiger partial charge < -0.3 is 0 Å². The summed E-state index contributed by atoms with van der Waals surface area (Å²) in [6.07, 6.45) is 0. The van der Waals surface area contributed by atoms with Gasteiger partial charge in [-0.15, -0.1) is 0 Å². The lowest BCUT2D eigenvalue weighted by Gasteiger charge is -2.33. The first-order valence-electron chi connectivity index (χ1n) is 23.0. The predicted molar refractivity (Wildman–Crippen MR) is 299 cm³/mol. The number of benzene rings is 10. The summed E-state index contributed by atoms with van der Waals surface area (Å²) in [4.78, 5) is 0. The van der Waals surface area contributed by atoms with E-state index in [1.807, 2.05) is 0 Å². The summed E-state index contributed by atoms with van der Waals surface area (Å²) in [6.45, 7) is 7.04. The third-order valence-corrected chi connectivity index (χ3v) is 15.3. The maximum absolute atomic E-state index is 3.63. The van der Waals surface area contributed by atoms with E-state index < -0.39 is 5.41 Å². The molecule has 0 fully saturated rings. The fourth-order valence-electron chi connectivity index (χ4n) is 9.53. The van der Waals surface area contributed by atoms with Crippen LogP contribution in [-0.4, -0.2) is 0 Å². The molecule has 0 saturated carbocycles. The molecule has 10 aromatic rings. The van der Waals surface area contributed by atoms with Crippen LogP contribution in [0.4, 0.5) is 0 Å². The summed E-state index contributed by atoms with van der Waals surface area (Å²) in [5, 5.41) is 0. The Kier molecular flexibility index (Phi) is 12.9. The topological polar surface area (TPSA) is 0 Å². The van der Waals surface area contributed by atoms with Gasteiger partial charge in [-0.25, -0.2) is 0 Å². The summed E-state index contributed by atoms with van der Waals surface area (Å²) in [5.74, 6) is 0. The largest absolute Gasteiger partial charge is 0.0605 e. The van der Waals surface area contributed by atoms with Crippen LogP contribution in [0.5, 0.6) is 0 Å². The van der Waals surface area contributed by atoms with Crippen LogP contribution in [0.3, 0.4) is 0 Å². The molecule has 0 aliphatic rings. The highest BCUT2D eigenvalue weighted by atomic mass is 79.9. The Morgan fingerprint density at radius 1 is 0.221 bits per heavy atom. The van der Waals surface area contributed by atoms with E-state index in [2.05, 4.69) is 311 Å². The molecule has 0 bridgehead atoms. The second kappa shape index (κ2) is 19.3. The Balaban J connectivity index is 0.942. The molecule has 0 spiro atoms. The minimum absolute atomic E-state index is 0.208. The highest BCUT2D eigenvalue weighted by Crippen LogP contribution is 2.42. The molecule has 0 aliphatic carbocycles. The third-order valence-electron chi connectivity index (χ3n) is 13.8. The molecule has 0 nitrogen and oxygen atoms in total. The monoisotopic (exact) mass is 1070 g/mol. The summed E-state index contributed by atoms with van der Waals surface area (Å²) >= 11 is 10.9. The van der Waals surface area contributed by atoms with E-state index in [-0.39, 0.29) is 5.41 Å². The standard InChI is InChI=1S/C65H49Br3/c1-64(2,56-31-25-47(26-32-56)44-13-19-50(20-14-44)53-7-4-10-61(66)41-53)57-37-39-60(40-38-57)65(3,58-33-27-48(28-34-58)45-15-21-51(22-16-45)54-8-5-11-62(67)42-54)59-35-29-49(30-36-59)46-17-23-52(24-18-46)55-9-6-12-63(68)43-55/h4-43H,1-3H3. The molecule has 0 unspecified atom stereocenters. The minimum atomic E-state index is -0.428. The van der Waals surface area contributed by atoms with E-state index in [0.29, 0.717) is 0 Å². The lowest BCUT2D eigenvalue weighted by atomic mass is 9.69. The predicted octanol–water partition coefficient (Wildman–Crippen LogP) is 19.7. The van der Waals surface area contributed by atoms with Crippen molar-refractivity contribution in [2.24, 2.45) is 0 Å². The molecule has 3 heteroatoms. The van der Waals surface area contributed by atoms with E-state index in [9.17, 15) is 0 Å². The maximum Gasteiger partial charge on any atom is 0.0423 e. The zero-order valence-corrected chi connectivity index (χ0v) is 43.0. The Morgan fingerprint density at radius 2 is 0.412 bits per heavy atom. The van der Waals surface area contributed by atoms with Crippen molar-refractivity contribution in [2.45, 2.75) is 31.6 Å². The van der Waals surface area contributed by atoms with Crippen LogP contribution in [0.25, 0.3) is 66.8 Å². The second-order valence-corrected chi connectivity index (χ2v) is 21.1. The van der Waals surface area contributed by atoms with E-state index in [4.69, 9.17) is 0 Å². The molecule has 0 amide bonds. The van der Waals surface area contributed by atoms with Gasteiger partial charge in [-0.05, 0) is 138 Å². The third kappa shape index (κ3) is 9.41. The van der Waals surface area contributed by atoms with Crippen molar-refractivity contribution in [3.05, 3.63) is 284 Å². The molecule has 68 heavy (non-hydrogen) atoms. The first-order valence-corrected chi connectivity index (χ1v) is 25.4. The van der Waals surface area contributed by atoms with Gasteiger partial charge in [-0.3, -0.25) is 0 Å². The van der Waals surface area contributed by atoms with Crippen LogP contribution in [0.15, 0.2) is 256 Å². The number of rotatable bonds is 11. The number of halogens is 3. The van der Waals surface area contributed by atoms with Gasteiger partial charge in [0, 0.05) is 24.2 Å². The zero-order chi connectivity index (χ0) is 46.8. The highest BCUT2D eigenvalue weighted by Gasteiger charge is 2.32. The van der Waals surface area contributed by atoms with Crippen LogP contribution < -0.4 is 0 Å². The average Bonchev–Trinajstić information content (AvgIpc) is 3.39. The molecule has 10 rings (SSSR count). The second-order valence-electron chi connectivity index (χ2n) is 18.3. The van der Waals surface area contributed by atoms with Crippen LogP contribution in [0.1, 0.15) is 48.6 Å². The van der Waals surface area contributed by atoms with Crippen LogP contribution >= 0.6 is 47.8 Å². The lowest BCUT2D eigenvalue weighted by Crippen LogP contribution is -2.26. The van der Waals surface area contributed by atoms with Crippen molar-refractivity contribution in [2.75, 3.05) is 0 Å². The molecule has 0 radical (unpaired) electrons. The van der Waals surface area contributed by atoms with Crippen molar-refractivity contribution in [3.63, 3.8) is 0 Å².